The van der Waals surface area contributed by atoms with Crippen LogP contribution in [0.5, 0.6) is 5.75 Å². The number of hydrogen-bond acceptors (Lipinski definition) is 4. The molecule has 1 aromatic carbocycles. The number of ether oxygens (including phenoxy) is 1. The molecule has 0 saturated heterocycles. The van der Waals surface area contributed by atoms with Crippen molar-refractivity contribution < 1.29 is 18.3 Å². The van der Waals surface area contributed by atoms with E-state index in [1.54, 1.807) is 12.1 Å². The number of benzene rings is 1. The predicted molar refractivity (Wildman–Crippen MR) is 80.8 cm³/mol. The van der Waals surface area contributed by atoms with Crippen molar-refractivity contribution in [3.05, 3.63) is 24.3 Å². The maximum absolute atomic E-state index is 12.4. The van der Waals surface area contributed by atoms with Crippen molar-refractivity contribution in [3.63, 3.8) is 0 Å². The molecule has 0 atom stereocenters. The Hall–Kier alpha value is -1.11. The molecule has 1 aliphatic rings. The lowest BCUT2D eigenvalue weighted by molar-refractivity contribution is 0.185. The van der Waals surface area contributed by atoms with Crippen LogP contribution in [-0.2, 0) is 10.0 Å². The first kappa shape index (κ1) is 16.3. The number of aliphatic hydroxyl groups is 1. The summed E-state index contributed by atoms with van der Waals surface area (Å²) in [6.07, 6.45) is 4.14. The molecule has 2 rings (SSSR count). The summed E-state index contributed by atoms with van der Waals surface area (Å²) in [5, 5.41) is 9.52. The zero-order chi connectivity index (χ0) is 15.3. The Morgan fingerprint density at radius 1 is 1.24 bits per heavy atom. The van der Waals surface area contributed by atoms with E-state index < -0.39 is 15.6 Å². The molecule has 1 aromatic rings. The molecule has 1 fully saturated rings. The van der Waals surface area contributed by atoms with Crippen LogP contribution in [-0.4, -0.2) is 32.3 Å². The quantitative estimate of drug-likeness (QED) is 0.808. The molecule has 0 amide bonds. The number of aliphatic hydroxyl groups excluding tert-OH is 1. The van der Waals surface area contributed by atoms with Crippen molar-refractivity contribution in [3.8, 4) is 5.75 Å². The number of sulfonamides is 1. The molecule has 5 nitrogen and oxygen atoms in total. The van der Waals surface area contributed by atoms with Crippen molar-refractivity contribution in [2.75, 3.05) is 13.2 Å². The smallest absolute Gasteiger partial charge is 0.241 e. The molecule has 1 aliphatic carbocycles. The van der Waals surface area contributed by atoms with Gasteiger partial charge in [-0.2, -0.15) is 0 Å². The van der Waals surface area contributed by atoms with Crippen LogP contribution in [0, 0.1) is 0 Å². The van der Waals surface area contributed by atoms with E-state index in [0.29, 0.717) is 25.2 Å². The molecule has 118 valence electrons. The van der Waals surface area contributed by atoms with Gasteiger partial charge in [0.2, 0.25) is 10.0 Å². The molecule has 0 aromatic heterocycles. The lowest BCUT2D eigenvalue weighted by Gasteiger charge is -2.27. The standard InChI is InChI=1S/C15H23NO4S/c1-2-11-20-13-5-7-14(8-6-13)21(18,19)16-15(12-17)9-3-4-10-15/h5-8,16-17H,2-4,9-12H2,1H3. The van der Waals surface area contributed by atoms with Gasteiger partial charge in [-0.3, -0.25) is 0 Å². The van der Waals surface area contributed by atoms with E-state index in [2.05, 4.69) is 4.72 Å². The van der Waals surface area contributed by atoms with Gasteiger partial charge in [-0.25, -0.2) is 13.1 Å². The van der Waals surface area contributed by atoms with Crippen molar-refractivity contribution in [2.24, 2.45) is 0 Å². The van der Waals surface area contributed by atoms with E-state index >= 15 is 0 Å². The summed E-state index contributed by atoms with van der Waals surface area (Å²) in [5.74, 6) is 0.661. The molecule has 0 spiro atoms. The van der Waals surface area contributed by atoms with Crippen LogP contribution in [0.2, 0.25) is 0 Å². The van der Waals surface area contributed by atoms with Gasteiger partial charge in [0.05, 0.1) is 23.6 Å². The highest BCUT2D eigenvalue weighted by Crippen LogP contribution is 2.31. The minimum atomic E-state index is -3.62. The van der Waals surface area contributed by atoms with Crippen molar-refractivity contribution in [1.29, 1.82) is 0 Å². The molecule has 0 unspecified atom stereocenters. The Kier molecular flexibility index (Phi) is 5.24. The SMILES string of the molecule is CCCOc1ccc(S(=O)(=O)NC2(CO)CCCC2)cc1. The van der Waals surface area contributed by atoms with Gasteiger partial charge < -0.3 is 9.84 Å². The first-order valence-corrected chi connectivity index (χ1v) is 8.87. The summed E-state index contributed by atoms with van der Waals surface area (Å²) < 4.78 is 32.9. The average molecular weight is 313 g/mol. The van der Waals surface area contributed by atoms with Crippen LogP contribution < -0.4 is 9.46 Å². The second-order valence-corrected chi connectivity index (χ2v) is 7.25. The third-order valence-electron chi connectivity index (χ3n) is 3.82. The van der Waals surface area contributed by atoms with E-state index in [0.717, 1.165) is 19.3 Å². The van der Waals surface area contributed by atoms with Crippen LogP contribution in [0.15, 0.2) is 29.2 Å². The molecule has 0 aliphatic heterocycles. The Bertz CT molecular complexity index is 548. The summed E-state index contributed by atoms with van der Waals surface area (Å²) in [7, 11) is -3.62. The third kappa shape index (κ3) is 3.96. The Morgan fingerprint density at radius 2 is 1.86 bits per heavy atom. The maximum Gasteiger partial charge on any atom is 0.241 e. The van der Waals surface area contributed by atoms with Gasteiger partial charge in [-0.1, -0.05) is 19.8 Å². The molecule has 2 N–H and O–H groups in total. The molecule has 0 bridgehead atoms. The maximum atomic E-state index is 12.4. The predicted octanol–water partition coefficient (Wildman–Crippen LogP) is 2.06. The Labute approximate surface area is 126 Å². The molecule has 0 radical (unpaired) electrons. The van der Waals surface area contributed by atoms with Crippen LogP contribution in [0.4, 0.5) is 0 Å². The summed E-state index contributed by atoms with van der Waals surface area (Å²) in [6.45, 7) is 2.46. The van der Waals surface area contributed by atoms with E-state index in [9.17, 15) is 13.5 Å². The highest BCUT2D eigenvalue weighted by Gasteiger charge is 2.37. The summed E-state index contributed by atoms with van der Waals surface area (Å²) in [5.41, 5.74) is -0.698. The normalized spacial score (nSPS) is 17.8. The fourth-order valence-corrected chi connectivity index (χ4v) is 4.07. The summed E-state index contributed by atoms with van der Waals surface area (Å²) in [4.78, 5) is 0.200. The lowest BCUT2D eigenvalue weighted by Crippen LogP contribution is -2.49. The van der Waals surface area contributed by atoms with Crippen molar-refractivity contribution >= 4 is 10.0 Å². The minimum Gasteiger partial charge on any atom is -0.494 e. The Morgan fingerprint density at radius 3 is 2.38 bits per heavy atom. The van der Waals surface area contributed by atoms with Crippen molar-refractivity contribution in [2.45, 2.75) is 49.5 Å². The van der Waals surface area contributed by atoms with E-state index in [4.69, 9.17) is 4.74 Å². The van der Waals surface area contributed by atoms with E-state index in [-0.39, 0.29) is 11.5 Å². The fraction of sp³-hybridized carbons (Fsp3) is 0.600. The third-order valence-corrected chi connectivity index (χ3v) is 5.42. The minimum absolute atomic E-state index is 0.163. The van der Waals surface area contributed by atoms with Crippen LogP contribution in [0.3, 0.4) is 0 Å². The number of rotatable bonds is 7. The van der Waals surface area contributed by atoms with Gasteiger partial charge in [0.1, 0.15) is 5.75 Å². The second kappa shape index (κ2) is 6.77. The van der Waals surface area contributed by atoms with Crippen LogP contribution in [0.1, 0.15) is 39.0 Å². The lowest BCUT2D eigenvalue weighted by atomic mass is 10.0. The van der Waals surface area contributed by atoms with Gasteiger partial charge in [0, 0.05) is 0 Å². The Balaban J connectivity index is 2.12. The molecule has 0 heterocycles. The van der Waals surface area contributed by atoms with Gasteiger partial charge in [-0.15, -0.1) is 0 Å². The molecular formula is C15H23NO4S. The molecule has 21 heavy (non-hydrogen) atoms. The summed E-state index contributed by atoms with van der Waals surface area (Å²) in [6, 6.07) is 6.38. The highest BCUT2D eigenvalue weighted by atomic mass is 32.2. The van der Waals surface area contributed by atoms with Gasteiger partial charge in [0.15, 0.2) is 0 Å². The monoisotopic (exact) mass is 313 g/mol. The van der Waals surface area contributed by atoms with Crippen molar-refractivity contribution in [1.82, 2.24) is 4.72 Å². The van der Waals surface area contributed by atoms with E-state index in [1.807, 2.05) is 6.92 Å². The zero-order valence-electron chi connectivity index (χ0n) is 12.3. The number of hydrogen-bond donors (Lipinski definition) is 2. The van der Waals surface area contributed by atoms with Crippen LogP contribution in [0.25, 0.3) is 0 Å². The molecule has 1 saturated carbocycles. The fourth-order valence-electron chi connectivity index (χ4n) is 2.62. The summed E-state index contributed by atoms with van der Waals surface area (Å²) >= 11 is 0. The zero-order valence-corrected chi connectivity index (χ0v) is 13.2. The van der Waals surface area contributed by atoms with Crippen LogP contribution >= 0.6 is 0 Å². The second-order valence-electron chi connectivity index (χ2n) is 5.57. The largest absolute Gasteiger partial charge is 0.494 e. The average Bonchev–Trinajstić information content (AvgIpc) is 2.94. The first-order chi connectivity index (χ1) is 10.0. The first-order valence-electron chi connectivity index (χ1n) is 7.39. The van der Waals surface area contributed by atoms with Gasteiger partial charge in [-0.05, 0) is 43.5 Å². The highest BCUT2D eigenvalue weighted by molar-refractivity contribution is 7.89. The number of nitrogens with one attached hydrogen (secondary N) is 1. The molecular weight excluding hydrogens is 290 g/mol. The van der Waals surface area contributed by atoms with Gasteiger partial charge >= 0.3 is 0 Å². The molecule has 6 heteroatoms. The topological polar surface area (TPSA) is 75.6 Å². The van der Waals surface area contributed by atoms with E-state index in [1.165, 1.54) is 12.1 Å². The van der Waals surface area contributed by atoms with Gasteiger partial charge in [0.25, 0.3) is 0 Å².